The summed E-state index contributed by atoms with van der Waals surface area (Å²) in [6.07, 6.45) is 1.23. The molecule has 1 aromatic carbocycles. The van der Waals surface area contributed by atoms with Gasteiger partial charge in [0.25, 0.3) is 0 Å². The van der Waals surface area contributed by atoms with Gasteiger partial charge < -0.3 is 10.1 Å². The molecule has 0 aliphatic carbocycles. The summed E-state index contributed by atoms with van der Waals surface area (Å²) in [5.74, 6) is -0.147. The fourth-order valence-electron chi connectivity index (χ4n) is 2.62. The number of aryl methyl sites for hydroxylation is 2. The van der Waals surface area contributed by atoms with Crippen LogP contribution in [-0.2, 0) is 16.6 Å². The summed E-state index contributed by atoms with van der Waals surface area (Å²) in [4.78, 5) is 35.2. The maximum atomic E-state index is 12.4. The van der Waals surface area contributed by atoms with Gasteiger partial charge >= 0.3 is 5.69 Å². The number of aromatic nitrogens is 2. The highest BCUT2D eigenvalue weighted by Gasteiger charge is 2.20. The molecule has 0 spiro atoms. The molecular weight excluding hydrogens is 270 g/mol. The van der Waals surface area contributed by atoms with E-state index in [1.165, 1.54) is 4.57 Å². The van der Waals surface area contributed by atoms with Crippen molar-refractivity contribution in [3.05, 3.63) is 34.2 Å². The van der Waals surface area contributed by atoms with Crippen molar-refractivity contribution >= 4 is 23.2 Å². The lowest BCUT2D eigenvalue weighted by atomic mass is 10.1. The van der Waals surface area contributed by atoms with Crippen molar-refractivity contribution < 1.29 is 9.59 Å². The number of carbonyl (C=O) groups is 2. The number of imidazole rings is 1. The van der Waals surface area contributed by atoms with Crippen LogP contribution >= 0.6 is 0 Å². The zero-order valence-corrected chi connectivity index (χ0v) is 12.4. The number of amides is 1. The zero-order chi connectivity index (χ0) is 15.6. The molecule has 2 rings (SSSR count). The van der Waals surface area contributed by atoms with Gasteiger partial charge in [-0.15, -0.1) is 0 Å². The molecule has 0 saturated heterocycles. The van der Waals surface area contributed by atoms with Gasteiger partial charge in [0.15, 0.2) is 0 Å². The second kappa shape index (κ2) is 5.95. The summed E-state index contributed by atoms with van der Waals surface area (Å²) in [6.45, 7) is 1.92. The highest BCUT2D eigenvalue weighted by atomic mass is 16.2. The minimum Gasteiger partial charge on any atom is -0.359 e. The Morgan fingerprint density at radius 3 is 2.76 bits per heavy atom. The first-order chi connectivity index (χ1) is 10.0. The van der Waals surface area contributed by atoms with Crippen LogP contribution in [0.4, 0.5) is 0 Å². The van der Waals surface area contributed by atoms with E-state index in [0.29, 0.717) is 6.42 Å². The molecule has 1 aromatic heterocycles. The van der Waals surface area contributed by atoms with E-state index in [9.17, 15) is 14.4 Å². The summed E-state index contributed by atoms with van der Waals surface area (Å²) in [7, 11) is 3.24. The molecule has 0 bridgehead atoms. The minimum absolute atomic E-state index is 0.147. The number of aldehydes is 1. The number of nitrogens with one attached hydrogen (secondary N) is 1. The summed E-state index contributed by atoms with van der Waals surface area (Å²) < 4.78 is 3.01. The van der Waals surface area contributed by atoms with Crippen LogP contribution in [0, 0.1) is 6.92 Å². The first-order valence-corrected chi connectivity index (χ1v) is 6.83. The van der Waals surface area contributed by atoms with E-state index in [0.717, 1.165) is 22.9 Å². The number of fused-ring (bicyclic) bond motifs is 1. The second-order valence-electron chi connectivity index (χ2n) is 5.07. The third-order valence-electron chi connectivity index (χ3n) is 3.74. The first-order valence-electron chi connectivity index (χ1n) is 6.83. The SMILES string of the molecule is CNC(=O)CCC(C=O)n1c(=O)n(C)c2c(C)cccc21. The lowest BCUT2D eigenvalue weighted by Gasteiger charge is -2.12. The van der Waals surface area contributed by atoms with Gasteiger partial charge in [0, 0.05) is 20.5 Å². The van der Waals surface area contributed by atoms with Gasteiger partial charge in [0.05, 0.1) is 17.1 Å². The smallest absolute Gasteiger partial charge is 0.329 e. The molecule has 1 amide bonds. The van der Waals surface area contributed by atoms with Crippen LogP contribution in [0.2, 0.25) is 0 Å². The van der Waals surface area contributed by atoms with Crippen LogP contribution in [0.25, 0.3) is 11.0 Å². The molecule has 6 nitrogen and oxygen atoms in total. The fraction of sp³-hybridized carbons (Fsp3) is 0.400. The van der Waals surface area contributed by atoms with E-state index in [1.54, 1.807) is 18.7 Å². The average Bonchev–Trinajstić information content (AvgIpc) is 2.73. The van der Waals surface area contributed by atoms with E-state index >= 15 is 0 Å². The molecular formula is C15H19N3O3. The van der Waals surface area contributed by atoms with Crippen LogP contribution in [0.5, 0.6) is 0 Å². The van der Waals surface area contributed by atoms with Gasteiger partial charge in [0.1, 0.15) is 6.29 Å². The lowest BCUT2D eigenvalue weighted by molar-refractivity contribution is -0.121. The van der Waals surface area contributed by atoms with Crippen molar-refractivity contribution in [1.82, 2.24) is 14.5 Å². The van der Waals surface area contributed by atoms with Gasteiger partial charge in [-0.1, -0.05) is 12.1 Å². The number of rotatable bonds is 5. The molecule has 112 valence electrons. The second-order valence-corrected chi connectivity index (χ2v) is 5.07. The quantitative estimate of drug-likeness (QED) is 0.832. The molecule has 6 heteroatoms. The summed E-state index contributed by atoms with van der Waals surface area (Å²) in [6, 6.07) is 4.96. The van der Waals surface area contributed by atoms with Crippen molar-refractivity contribution in [2.45, 2.75) is 25.8 Å². The van der Waals surface area contributed by atoms with Crippen molar-refractivity contribution in [3.63, 3.8) is 0 Å². The number of hydrogen-bond donors (Lipinski definition) is 1. The third kappa shape index (κ3) is 2.61. The minimum atomic E-state index is -0.639. The van der Waals surface area contributed by atoms with Gasteiger partial charge in [-0.05, 0) is 25.0 Å². The summed E-state index contributed by atoms with van der Waals surface area (Å²) >= 11 is 0. The maximum Gasteiger partial charge on any atom is 0.329 e. The maximum absolute atomic E-state index is 12.4. The standard InChI is InChI=1S/C15H19N3O3/c1-10-5-4-6-12-14(10)17(3)15(21)18(12)11(9-19)7-8-13(20)16-2/h4-6,9,11H,7-8H2,1-3H3,(H,16,20). The van der Waals surface area contributed by atoms with Crippen LogP contribution < -0.4 is 11.0 Å². The Kier molecular flexibility index (Phi) is 4.26. The van der Waals surface area contributed by atoms with Gasteiger partial charge in [0.2, 0.25) is 5.91 Å². The third-order valence-corrected chi connectivity index (χ3v) is 3.74. The molecule has 1 N–H and O–H groups in total. The molecule has 0 aliphatic rings. The fourth-order valence-corrected chi connectivity index (χ4v) is 2.62. The predicted molar refractivity (Wildman–Crippen MR) is 80.3 cm³/mol. The summed E-state index contributed by atoms with van der Waals surface area (Å²) in [5, 5.41) is 2.51. The molecule has 0 fully saturated rings. The van der Waals surface area contributed by atoms with Crippen LogP contribution in [-0.4, -0.2) is 28.4 Å². The molecule has 0 saturated carbocycles. The molecule has 1 unspecified atom stereocenters. The molecule has 1 atom stereocenters. The number of nitrogens with zero attached hydrogens (tertiary/aromatic N) is 2. The van der Waals surface area contributed by atoms with E-state index in [-0.39, 0.29) is 18.0 Å². The Morgan fingerprint density at radius 2 is 2.14 bits per heavy atom. The lowest BCUT2D eigenvalue weighted by Crippen LogP contribution is -2.28. The molecule has 21 heavy (non-hydrogen) atoms. The van der Waals surface area contributed by atoms with Crippen LogP contribution in [0.1, 0.15) is 24.4 Å². The van der Waals surface area contributed by atoms with Gasteiger partial charge in [-0.3, -0.25) is 13.9 Å². The van der Waals surface area contributed by atoms with Crippen LogP contribution in [0.3, 0.4) is 0 Å². The van der Waals surface area contributed by atoms with E-state index in [2.05, 4.69) is 5.32 Å². The highest BCUT2D eigenvalue weighted by molar-refractivity contribution is 5.81. The largest absolute Gasteiger partial charge is 0.359 e. The van der Waals surface area contributed by atoms with Crippen molar-refractivity contribution in [2.24, 2.45) is 7.05 Å². The Bertz CT molecular complexity index is 742. The first kappa shape index (κ1) is 15.0. The highest BCUT2D eigenvalue weighted by Crippen LogP contribution is 2.21. The summed E-state index contributed by atoms with van der Waals surface area (Å²) in [5.41, 5.74) is 2.26. The van der Waals surface area contributed by atoms with Gasteiger partial charge in [-0.2, -0.15) is 0 Å². The predicted octanol–water partition coefficient (Wildman–Crippen LogP) is 0.915. The Balaban J connectivity index is 2.52. The Labute approximate surface area is 122 Å². The Hall–Kier alpha value is -2.37. The molecule has 2 aromatic rings. The molecule has 0 aliphatic heterocycles. The number of carbonyl (C=O) groups excluding carboxylic acids is 2. The van der Waals surface area contributed by atoms with E-state index in [4.69, 9.17) is 0 Å². The number of hydrogen-bond acceptors (Lipinski definition) is 3. The van der Waals surface area contributed by atoms with Crippen molar-refractivity contribution in [2.75, 3.05) is 7.05 Å². The van der Waals surface area contributed by atoms with Gasteiger partial charge in [-0.25, -0.2) is 4.79 Å². The topological polar surface area (TPSA) is 73.1 Å². The zero-order valence-electron chi connectivity index (χ0n) is 12.4. The number of para-hydroxylation sites is 1. The molecule has 1 heterocycles. The van der Waals surface area contributed by atoms with E-state index in [1.807, 2.05) is 25.1 Å². The van der Waals surface area contributed by atoms with Crippen LogP contribution in [0.15, 0.2) is 23.0 Å². The van der Waals surface area contributed by atoms with E-state index < -0.39 is 6.04 Å². The van der Waals surface area contributed by atoms with Crippen molar-refractivity contribution in [1.29, 1.82) is 0 Å². The average molecular weight is 289 g/mol. The Morgan fingerprint density at radius 1 is 1.43 bits per heavy atom. The monoisotopic (exact) mass is 289 g/mol. The number of benzene rings is 1. The van der Waals surface area contributed by atoms with Crippen molar-refractivity contribution in [3.8, 4) is 0 Å². The molecule has 0 radical (unpaired) electrons. The normalized spacial score (nSPS) is 12.3.